The molecule has 4 heteroatoms. The van der Waals surface area contributed by atoms with E-state index in [1.54, 1.807) is 0 Å². The zero-order chi connectivity index (χ0) is 13.0. The number of anilines is 1. The van der Waals surface area contributed by atoms with Gasteiger partial charge in [-0.3, -0.25) is 0 Å². The Morgan fingerprint density at radius 1 is 1.28 bits per heavy atom. The van der Waals surface area contributed by atoms with Crippen LogP contribution in [-0.2, 0) is 6.54 Å². The summed E-state index contributed by atoms with van der Waals surface area (Å²) in [6.45, 7) is 5.11. The standard InChI is InChI=1S/C14H16ClNO2/c1-3-17-14-7-5-11(8-13(14)15)16-9-12-6-4-10(2)18-12/h4-8,16H,3,9H2,1-2H3. The second kappa shape index (κ2) is 5.83. The highest BCUT2D eigenvalue weighted by Gasteiger charge is 2.03. The molecule has 0 amide bonds. The Labute approximate surface area is 112 Å². The van der Waals surface area contributed by atoms with Crippen molar-refractivity contribution in [1.29, 1.82) is 0 Å². The van der Waals surface area contributed by atoms with Crippen molar-refractivity contribution in [3.63, 3.8) is 0 Å². The molecule has 1 aromatic heterocycles. The van der Waals surface area contributed by atoms with E-state index < -0.39 is 0 Å². The molecule has 2 aromatic rings. The normalized spacial score (nSPS) is 10.4. The van der Waals surface area contributed by atoms with Crippen LogP contribution < -0.4 is 10.1 Å². The van der Waals surface area contributed by atoms with Gasteiger partial charge in [-0.15, -0.1) is 0 Å². The van der Waals surface area contributed by atoms with Crippen molar-refractivity contribution in [3.8, 4) is 5.75 Å². The van der Waals surface area contributed by atoms with Crippen LogP contribution in [0.3, 0.4) is 0 Å². The number of halogens is 1. The number of nitrogens with one attached hydrogen (secondary N) is 1. The summed E-state index contributed by atoms with van der Waals surface area (Å²) < 4.78 is 10.9. The summed E-state index contributed by atoms with van der Waals surface area (Å²) >= 11 is 6.11. The summed E-state index contributed by atoms with van der Waals surface area (Å²) in [7, 11) is 0. The highest BCUT2D eigenvalue weighted by molar-refractivity contribution is 6.32. The molecule has 0 aliphatic rings. The predicted octanol–water partition coefficient (Wildman–Crippen LogP) is 4.25. The Hall–Kier alpha value is -1.61. The van der Waals surface area contributed by atoms with Gasteiger partial charge in [0.15, 0.2) is 0 Å². The number of hydrogen-bond donors (Lipinski definition) is 1. The second-order valence-corrected chi connectivity index (χ2v) is 4.35. The molecule has 2 rings (SSSR count). The molecular formula is C14H16ClNO2. The van der Waals surface area contributed by atoms with Gasteiger partial charge in [-0.1, -0.05) is 11.6 Å². The largest absolute Gasteiger partial charge is 0.492 e. The third-order valence-electron chi connectivity index (χ3n) is 2.49. The lowest BCUT2D eigenvalue weighted by molar-refractivity contribution is 0.340. The molecule has 0 spiro atoms. The summed E-state index contributed by atoms with van der Waals surface area (Å²) in [6.07, 6.45) is 0. The predicted molar refractivity (Wildman–Crippen MR) is 73.4 cm³/mol. The lowest BCUT2D eigenvalue weighted by Gasteiger charge is -2.09. The van der Waals surface area contributed by atoms with Gasteiger partial charge in [-0.2, -0.15) is 0 Å². The van der Waals surface area contributed by atoms with Crippen LogP contribution >= 0.6 is 11.6 Å². The average molecular weight is 266 g/mol. The highest BCUT2D eigenvalue weighted by atomic mass is 35.5. The summed E-state index contributed by atoms with van der Waals surface area (Å²) in [5.74, 6) is 2.52. The quantitative estimate of drug-likeness (QED) is 0.877. The van der Waals surface area contributed by atoms with Gasteiger partial charge in [0, 0.05) is 5.69 Å². The van der Waals surface area contributed by atoms with Gasteiger partial charge in [0.2, 0.25) is 0 Å². The molecule has 0 radical (unpaired) electrons. The van der Waals surface area contributed by atoms with Crippen LogP contribution in [0.2, 0.25) is 5.02 Å². The Morgan fingerprint density at radius 2 is 2.11 bits per heavy atom. The minimum atomic E-state index is 0.609. The molecule has 1 N–H and O–H groups in total. The number of hydrogen-bond acceptors (Lipinski definition) is 3. The van der Waals surface area contributed by atoms with E-state index in [0.29, 0.717) is 23.9 Å². The Balaban J connectivity index is 1.99. The van der Waals surface area contributed by atoms with Crippen molar-refractivity contribution in [2.75, 3.05) is 11.9 Å². The molecule has 0 saturated heterocycles. The van der Waals surface area contributed by atoms with E-state index in [9.17, 15) is 0 Å². The number of aryl methyl sites for hydroxylation is 1. The fourth-order valence-electron chi connectivity index (χ4n) is 1.65. The monoisotopic (exact) mass is 265 g/mol. The number of rotatable bonds is 5. The lowest BCUT2D eigenvalue weighted by atomic mass is 10.3. The SMILES string of the molecule is CCOc1ccc(NCc2ccc(C)o2)cc1Cl. The molecule has 0 saturated carbocycles. The first-order valence-corrected chi connectivity index (χ1v) is 6.28. The molecule has 1 aromatic carbocycles. The number of ether oxygens (including phenoxy) is 1. The van der Waals surface area contributed by atoms with Gasteiger partial charge in [0.05, 0.1) is 18.2 Å². The van der Waals surface area contributed by atoms with Gasteiger partial charge in [0.1, 0.15) is 17.3 Å². The maximum Gasteiger partial charge on any atom is 0.138 e. The van der Waals surface area contributed by atoms with E-state index in [2.05, 4.69) is 5.32 Å². The van der Waals surface area contributed by atoms with Crippen LogP contribution in [0.4, 0.5) is 5.69 Å². The summed E-state index contributed by atoms with van der Waals surface area (Å²) in [5.41, 5.74) is 0.942. The Morgan fingerprint density at radius 3 is 2.72 bits per heavy atom. The second-order valence-electron chi connectivity index (χ2n) is 3.94. The van der Waals surface area contributed by atoms with Crippen LogP contribution in [0.15, 0.2) is 34.7 Å². The van der Waals surface area contributed by atoms with Crippen molar-refractivity contribution in [1.82, 2.24) is 0 Å². The van der Waals surface area contributed by atoms with Crippen LogP contribution in [0, 0.1) is 6.92 Å². The summed E-state index contributed by atoms with van der Waals surface area (Å²) in [4.78, 5) is 0. The molecule has 1 heterocycles. The molecule has 0 unspecified atom stereocenters. The average Bonchev–Trinajstić information content (AvgIpc) is 2.76. The lowest BCUT2D eigenvalue weighted by Crippen LogP contribution is -1.99. The van der Waals surface area contributed by atoms with Crippen molar-refractivity contribution >= 4 is 17.3 Å². The fourth-order valence-corrected chi connectivity index (χ4v) is 1.89. The first-order valence-electron chi connectivity index (χ1n) is 5.90. The van der Waals surface area contributed by atoms with E-state index in [4.69, 9.17) is 20.8 Å². The molecule has 0 aliphatic carbocycles. The summed E-state index contributed by atoms with van der Waals surface area (Å²) in [6, 6.07) is 9.55. The van der Waals surface area contributed by atoms with Gasteiger partial charge >= 0.3 is 0 Å². The molecule has 18 heavy (non-hydrogen) atoms. The van der Waals surface area contributed by atoms with Gasteiger partial charge in [-0.25, -0.2) is 0 Å². The third-order valence-corrected chi connectivity index (χ3v) is 2.79. The number of benzene rings is 1. The highest BCUT2D eigenvalue weighted by Crippen LogP contribution is 2.27. The summed E-state index contributed by atoms with van der Waals surface area (Å²) in [5, 5.41) is 3.86. The van der Waals surface area contributed by atoms with Crippen molar-refractivity contribution < 1.29 is 9.15 Å². The smallest absolute Gasteiger partial charge is 0.138 e. The Kier molecular flexibility index (Phi) is 4.15. The maximum atomic E-state index is 6.11. The maximum absolute atomic E-state index is 6.11. The number of furan rings is 1. The zero-order valence-electron chi connectivity index (χ0n) is 10.5. The van der Waals surface area contributed by atoms with E-state index in [1.807, 2.05) is 44.2 Å². The van der Waals surface area contributed by atoms with E-state index in [1.165, 1.54) is 0 Å². The minimum absolute atomic E-state index is 0.609. The minimum Gasteiger partial charge on any atom is -0.492 e. The topological polar surface area (TPSA) is 34.4 Å². The van der Waals surface area contributed by atoms with Crippen LogP contribution in [-0.4, -0.2) is 6.61 Å². The third kappa shape index (κ3) is 3.20. The first kappa shape index (κ1) is 12.8. The fraction of sp³-hybridized carbons (Fsp3) is 0.286. The molecule has 0 aliphatic heterocycles. The van der Waals surface area contributed by atoms with E-state index in [0.717, 1.165) is 17.2 Å². The van der Waals surface area contributed by atoms with Crippen molar-refractivity contribution in [3.05, 3.63) is 46.9 Å². The Bertz CT molecular complexity index is 522. The molecule has 0 bridgehead atoms. The molecule has 0 fully saturated rings. The van der Waals surface area contributed by atoms with Gasteiger partial charge in [0.25, 0.3) is 0 Å². The van der Waals surface area contributed by atoms with Crippen molar-refractivity contribution in [2.24, 2.45) is 0 Å². The molecular weight excluding hydrogens is 250 g/mol. The van der Waals surface area contributed by atoms with Crippen LogP contribution in [0.1, 0.15) is 18.4 Å². The van der Waals surface area contributed by atoms with Crippen LogP contribution in [0.5, 0.6) is 5.75 Å². The zero-order valence-corrected chi connectivity index (χ0v) is 11.3. The van der Waals surface area contributed by atoms with Gasteiger partial charge < -0.3 is 14.5 Å². The molecule has 3 nitrogen and oxygen atoms in total. The van der Waals surface area contributed by atoms with Crippen molar-refractivity contribution in [2.45, 2.75) is 20.4 Å². The van der Waals surface area contributed by atoms with E-state index >= 15 is 0 Å². The molecule has 96 valence electrons. The van der Waals surface area contributed by atoms with E-state index in [-0.39, 0.29) is 0 Å². The first-order chi connectivity index (χ1) is 8.69. The van der Waals surface area contributed by atoms with Crippen LogP contribution in [0.25, 0.3) is 0 Å². The van der Waals surface area contributed by atoms with Gasteiger partial charge in [-0.05, 0) is 44.2 Å². The molecule has 0 atom stereocenters.